The summed E-state index contributed by atoms with van der Waals surface area (Å²) in [7, 11) is 0. The summed E-state index contributed by atoms with van der Waals surface area (Å²) in [6.45, 7) is 2.92. The van der Waals surface area contributed by atoms with Crippen molar-refractivity contribution in [2.45, 2.75) is 44.1 Å². The van der Waals surface area contributed by atoms with E-state index in [9.17, 15) is 4.39 Å². The highest BCUT2D eigenvalue weighted by molar-refractivity contribution is 5.32. The predicted molar refractivity (Wildman–Crippen MR) is 96.4 cm³/mol. The fourth-order valence-electron chi connectivity index (χ4n) is 3.92. The van der Waals surface area contributed by atoms with Crippen LogP contribution in [0.2, 0.25) is 0 Å². The van der Waals surface area contributed by atoms with Crippen LogP contribution in [0.25, 0.3) is 5.78 Å². The van der Waals surface area contributed by atoms with Gasteiger partial charge >= 0.3 is 0 Å². The fourth-order valence-corrected chi connectivity index (χ4v) is 3.92. The maximum absolute atomic E-state index is 13.0. The second-order valence-electron chi connectivity index (χ2n) is 7.57. The molecule has 0 unspecified atom stereocenters. The van der Waals surface area contributed by atoms with Crippen LogP contribution in [-0.2, 0) is 6.54 Å². The molecule has 5 nitrogen and oxygen atoms in total. The first-order chi connectivity index (χ1) is 12.8. The summed E-state index contributed by atoms with van der Waals surface area (Å²) in [5.41, 5.74) is 2.48. The molecule has 0 atom stereocenters. The Morgan fingerprint density at radius 2 is 1.73 bits per heavy atom. The van der Waals surface area contributed by atoms with Gasteiger partial charge in [0.2, 0.25) is 0 Å². The monoisotopic (exact) mass is 351 g/mol. The molecule has 26 heavy (non-hydrogen) atoms. The summed E-state index contributed by atoms with van der Waals surface area (Å²) in [4.78, 5) is 6.92. The second kappa shape index (κ2) is 6.43. The molecule has 0 spiro atoms. The van der Waals surface area contributed by atoms with E-state index in [1.165, 1.54) is 30.5 Å². The molecule has 1 saturated carbocycles. The third-order valence-corrected chi connectivity index (χ3v) is 5.63. The van der Waals surface area contributed by atoms with Crippen LogP contribution in [0.1, 0.15) is 54.5 Å². The van der Waals surface area contributed by atoms with E-state index in [4.69, 9.17) is 0 Å². The van der Waals surface area contributed by atoms with E-state index in [0.717, 1.165) is 43.9 Å². The Balaban J connectivity index is 1.28. The zero-order valence-electron chi connectivity index (χ0n) is 14.7. The second-order valence-corrected chi connectivity index (χ2v) is 7.57. The van der Waals surface area contributed by atoms with E-state index in [1.807, 2.05) is 18.3 Å². The number of benzene rings is 1. The molecule has 134 valence electrons. The molecule has 6 heteroatoms. The average molecular weight is 351 g/mol. The lowest BCUT2D eigenvalue weighted by Crippen LogP contribution is -2.33. The highest BCUT2D eigenvalue weighted by atomic mass is 19.1. The minimum atomic E-state index is -0.176. The number of rotatable bonds is 4. The van der Waals surface area contributed by atoms with Crippen LogP contribution in [0.3, 0.4) is 0 Å². The molecule has 1 saturated heterocycles. The lowest BCUT2D eigenvalue weighted by Gasteiger charge is -2.31. The van der Waals surface area contributed by atoms with Crippen LogP contribution in [0.15, 0.2) is 36.7 Å². The van der Waals surface area contributed by atoms with Crippen molar-refractivity contribution in [2.75, 3.05) is 13.1 Å². The number of hydrogen-bond acceptors (Lipinski definition) is 4. The Bertz CT molecular complexity index is 908. The molecule has 3 heterocycles. The Labute approximate surface area is 151 Å². The molecule has 0 amide bonds. The molecule has 3 aromatic rings. The molecule has 2 fully saturated rings. The predicted octanol–water partition coefficient (Wildman–Crippen LogP) is 3.52. The number of likely N-dealkylation sites (tertiary alicyclic amines) is 1. The van der Waals surface area contributed by atoms with E-state index < -0.39 is 0 Å². The van der Waals surface area contributed by atoms with Crippen molar-refractivity contribution in [1.29, 1.82) is 0 Å². The number of halogens is 1. The molecule has 1 aliphatic carbocycles. The van der Waals surface area contributed by atoms with Crippen molar-refractivity contribution >= 4 is 5.78 Å². The molecule has 1 aliphatic heterocycles. The summed E-state index contributed by atoms with van der Waals surface area (Å²) >= 11 is 0. The molecule has 0 bridgehead atoms. The summed E-state index contributed by atoms with van der Waals surface area (Å²) in [6, 6.07) is 6.82. The number of hydrogen-bond donors (Lipinski definition) is 0. The van der Waals surface area contributed by atoms with Crippen molar-refractivity contribution in [1.82, 2.24) is 24.5 Å². The molecule has 0 N–H and O–H groups in total. The largest absolute Gasteiger partial charge is 0.299 e. The van der Waals surface area contributed by atoms with Crippen LogP contribution in [0.4, 0.5) is 4.39 Å². The maximum Gasteiger partial charge on any atom is 0.254 e. The first kappa shape index (κ1) is 15.9. The van der Waals surface area contributed by atoms with Gasteiger partial charge in [0.15, 0.2) is 0 Å². The van der Waals surface area contributed by atoms with Gasteiger partial charge in [-0.2, -0.15) is 0 Å². The quantitative estimate of drug-likeness (QED) is 0.721. The van der Waals surface area contributed by atoms with Crippen LogP contribution in [0.5, 0.6) is 0 Å². The highest BCUT2D eigenvalue weighted by Gasteiger charge is 2.27. The summed E-state index contributed by atoms with van der Waals surface area (Å²) in [5, 5.41) is 8.71. The normalized spacial score (nSPS) is 19.3. The molecule has 0 radical (unpaired) electrons. The Hall–Kier alpha value is -2.34. The topological polar surface area (TPSA) is 46.3 Å². The first-order valence-electron chi connectivity index (χ1n) is 9.43. The average Bonchev–Trinajstić information content (AvgIpc) is 3.44. The van der Waals surface area contributed by atoms with Crippen molar-refractivity contribution in [2.24, 2.45) is 0 Å². The minimum absolute atomic E-state index is 0.176. The van der Waals surface area contributed by atoms with Gasteiger partial charge in [0.1, 0.15) is 11.6 Å². The van der Waals surface area contributed by atoms with Gasteiger partial charge < -0.3 is 0 Å². The maximum atomic E-state index is 13.0. The summed E-state index contributed by atoms with van der Waals surface area (Å²) in [5.74, 6) is 2.69. The zero-order valence-corrected chi connectivity index (χ0v) is 14.7. The van der Waals surface area contributed by atoms with E-state index >= 15 is 0 Å². The van der Waals surface area contributed by atoms with Gasteiger partial charge in [0, 0.05) is 24.9 Å². The summed E-state index contributed by atoms with van der Waals surface area (Å²) in [6.07, 6.45) is 8.82. The van der Waals surface area contributed by atoms with Crippen LogP contribution in [-0.4, -0.2) is 37.6 Å². The zero-order chi connectivity index (χ0) is 17.5. The lowest BCUT2D eigenvalue weighted by atomic mass is 9.95. The standard InChI is InChI=1S/C20H22FN5/c21-18-5-1-14(2-6-18)12-25-9-7-16(8-10-25)19-23-24-20-22-11-17(13-26(19)20)15-3-4-15/h1-2,5-6,11,13,15-16H,3-4,7-10,12H2. The number of fused-ring (bicyclic) bond motifs is 1. The first-order valence-corrected chi connectivity index (χ1v) is 9.43. The van der Waals surface area contributed by atoms with Crippen molar-refractivity contribution in [3.63, 3.8) is 0 Å². The van der Waals surface area contributed by atoms with E-state index in [2.05, 4.69) is 30.7 Å². The van der Waals surface area contributed by atoms with Gasteiger partial charge in [-0.3, -0.25) is 9.30 Å². The van der Waals surface area contributed by atoms with Gasteiger partial charge in [0.25, 0.3) is 5.78 Å². The van der Waals surface area contributed by atoms with Crippen LogP contribution >= 0.6 is 0 Å². The smallest absolute Gasteiger partial charge is 0.254 e. The van der Waals surface area contributed by atoms with Crippen molar-refractivity contribution in [3.05, 3.63) is 59.4 Å². The van der Waals surface area contributed by atoms with E-state index in [-0.39, 0.29) is 5.82 Å². The van der Waals surface area contributed by atoms with Gasteiger partial charge in [-0.1, -0.05) is 12.1 Å². The summed E-state index contributed by atoms with van der Waals surface area (Å²) < 4.78 is 15.2. The van der Waals surface area contributed by atoms with E-state index in [1.54, 1.807) is 0 Å². The van der Waals surface area contributed by atoms with Crippen LogP contribution < -0.4 is 0 Å². The van der Waals surface area contributed by atoms with Crippen molar-refractivity contribution in [3.8, 4) is 0 Å². The Kier molecular flexibility index (Phi) is 3.93. The van der Waals surface area contributed by atoms with Gasteiger partial charge in [-0.05, 0) is 68.0 Å². The Morgan fingerprint density at radius 3 is 2.46 bits per heavy atom. The molecule has 2 aromatic heterocycles. The van der Waals surface area contributed by atoms with Gasteiger partial charge in [0.05, 0.1) is 0 Å². The minimum Gasteiger partial charge on any atom is -0.299 e. The number of nitrogens with zero attached hydrogens (tertiary/aromatic N) is 5. The highest BCUT2D eigenvalue weighted by Crippen LogP contribution is 2.39. The van der Waals surface area contributed by atoms with Crippen molar-refractivity contribution < 1.29 is 4.39 Å². The number of aromatic nitrogens is 4. The number of piperidine rings is 1. The van der Waals surface area contributed by atoms with Gasteiger partial charge in [-0.15, -0.1) is 10.2 Å². The van der Waals surface area contributed by atoms with Crippen LogP contribution in [0, 0.1) is 5.82 Å². The Morgan fingerprint density at radius 1 is 0.962 bits per heavy atom. The SMILES string of the molecule is Fc1ccc(CN2CCC(c3nnc4ncc(C5CC5)cn34)CC2)cc1. The lowest BCUT2D eigenvalue weighted by molar-refractivity contribution is 0.201. The molecule has 1 aromatic carbocycles. The molecule has 2 aliphatic rings. The fraction of sp³-hybridized carbons (Fsp3) is 0.450. The third-order valence-electron chi connectivity index (χ3n) is 5.63. The molecular formula is C20H22FN5. The molecule has 5 rings (SSSR count). The van der Waals surface area contributed by atoms with Gasteiger partial charge in [-0.25, -0.2) is 9.37 Å². The van der Waals surface area contributed by atoms with E-state index in [0.29, 0.717) is 17.6 Å². The third kappa shape index (κ3) is 3.09. The molecular weight excluding hydrogens is 329 g/mol.